The lowest BCUT2D eigenvalue weighted by molar-refractivity contribution is 0.0953. The molecule has 0 saturated heterocycles. The van der Waals surface area contributed by atoms with Crippen LogP contribution in [0.25, 0.3) is 0 Å². The van der Waals surface area contributed by atoms with Gasteiger partial charge in [-0.2, -0.15) is 0 Å². The summed E-state index contributed by atoms with van der Waals surface area (Å²) in [6, 6.07) is 8.87. The number of likely N-dealkylation sites (N-methyl/N-ethyl adjacent to an activating group) is 1. The molecule has 1 aliphatic rings. The zero-order chi connectivity index (χ0) is 18.1. The normalized spacial score (nSPS) is 17.2. The van der Waals surface area contributed by atoms with E-state index in [0.29, 0.717) is 16.6 Å². The maximum atomic E-state index is 12.2. The van der Waals surface area contributed by atoms with Crippen molar-refractivity contribution in [1.29, 1.82) is 0 Å². The standard InChI is InChI=1S/C19H20Cl2N2O2/c1-3-22-19(25)14-6-11(4-5-18(14)24)15-9-23(2)10-16-13(15)7-12(20)8-17(16)21/h4-8,15,24H,3,9-10H2,1-2H3,(H,22,25). The van der Waals surface area contributed by atoms with Crippen LogP contribution in [0.15, 0.2) is 30.3 Å². The highest BCUT2D eigenvalue weighted by Gasteiger charge is 2.28. The van der Waals surface area contributed by atoms with E-state index in [9.17, 15) is 9.90 Å². The van der Waals surface area contributed by atoms with Crippen LogP contribution in [0.4, 0.5) is 0 Å². The predicted molar refractivity (Wildman–Crippen MR) is 101 cm³/mol. The average molecular weight is 379 g/mol. The van der Waals surface area contributed by atoms with Crippen molar-refractivity contribution in [3.8, 4) is 5.75 Å². The molecule has 0 aliphatic carbocycles. The number of aromatic hydroxyl groups is 1. The minimum Gasteiger partial charge on any atom is -0.507 e. The monoisotopic (exact) mass is 378 g/mol. The molecule has 6 heteroatoms. The van der Waals surface area contributed by atoms with Crippen LogP contribution in [-0.2, 0) is 6.54 Å². The molecule has 132 valence electrons. The van der Waals surface area contributed by atoms with E-state index in [-0.39, 0.29) is 23.1 Å². The lowest BCUT2D eigenvalue weighted by Crippen LogP contribution is -2.31. The van der Waals surface area contributed by atoms with E-state index < -0.39 is 0 Å². The molecule has 0 spiro atoms. The van der Waals surface area contributed by atoms with E-state index in [1.807, 2.05) is 26.1 Å². The number of rotatable bonds is 3. The summed E-state index contributed by atoms with van der Waals surface area (Å²) in [4.78, 5) is 14.4. The second-order valence-corrected chi connectivity index (χ2v) is 7.18. The Kier molecular flexibility index (Phi) is 5.23. The van der Waals surface area contributed by atoms with Gasteiger partial charge in [-0.05, 0) is 54.9 Å². The molecule has 4 nitrogen and oxygen atoms in total. The number of hydrogen-bond donors (Lipinski definition) is 2. The van der Waals surface area contributed by atoms with Crippen LogP contribution < -0.4 is 5.32 Å². The quantitative estimate of drug-likeness (QED) is 0.847. The van der Waals surface area contributed by atoms with Gasteiger partial charge in [-0.3, -0.25) is 4.79 Å². The molecular formula is C19H20Cl2N2O2. The van der Waals surface area contributed by atoms with Crippen molar-refractivity contribution in [2.45, 2.75) is 19.4 Å². The first-order chi connectivity index (χ1) is 11.9. The summed E-state index contributed by atoms with van der Waals surface area (Å²) in [7, 11) is 2.03. The number of carbonyl (C=O) groups is 1. The Labute approximate surface area is 157 Å². The smallest absolute Gasteiger partial charge is 0.255 e. The maximum Gasteiger partial charge on any atom is 0.255 e. The van der Waals surface area contributed by atoms with Crippen LogP contribution in [0, 0.1) is 0 Å². The van der Waals surface area contributed by atoms with Crippen molar-refractivity contribution >= 4 is 29.1 Å². The van der Waals surface area contributed by atoms with Crippen molar-refractivity contribution in [3.05, 3.63) is 62.6 Å². The largest absolute Gasteiger partial charge is 0.507 e. The SMILES string of the molecule is CCNC(=O)c1cc(C2CN(C)Cc3c(Cl)cc(Cl)cc32)ccc1O. The van der Waals surface area contributed by atoms with Crippen molar-refractivity contribution in [2.24, 2.45) is 0 Å². The zero-order valence-electron chi connectivity index (χ0n) is 14.1. The van der Waals surface area contributed by atoms with Crippen LogP contribution >= 0.6 is 23.2 Å². The molecule has 0 fully saturated rings. The Morgan fingerprint density at radius 3 is 2.80 bits per heavy atom. The van der Waals surface area contributed by atoms with E-state index in [0.717, 1.165) is 29.8 Å². The lowest BCUT2D eigenvalue weighted by Gasteiger charge is -2.33. The number of benzene rings is 2. The van der Waals surface area contributed by atoms with Crippen molar-refractivity contribution in [2.75, 3.05) is 20.1 Å². The second-order valence-electron chi connectivity index (χ2n) is 6.34. The van der Waals surface area contributed by atoms with Gasteiger partial charge in [-0.25, -0.2) is 0 Å². The summed E-state index contributed by atoms with van der Waals surface area (Å²) in [5.41, 5.74) is 3.35. The number of nitrogens with one attached hydrogen (secondary N) is 1. The molecule has 2 aromatic rings. The molecule has 0 radical (unpaired) electrons. The Hall–Kier alpha value is -1.75. The summed E-state index contributed by atoms with van der Waals surface area (Å²) in [5.74, 6) is -0.280. The number of carbonyl (C=O) groups excluding carboxylic acids is 1. The van der Waals surface area contributed by atoms with Gasteiger partial charge in [0.2, 0.25) is 0 Å². The predicted octanol–water partition coefficient (Wildman–Crippen LogP) is 4.03. The van der Waals surface area contributed by atoms with Gasteiger partial charge < -0.3 is 15.3 Å². The summed E-state index contributed by atoms with van der Waals surface area (Å²) in [6.45, 7) is 3.88. The number of halogens is 2. The molecule has 1 amide bonds. The first-order valence-corrected chi connectivity index (χ1v) is 8.93. The highest BCUT2D eigenvalue weighted by Crippen LogP contribution is 2.39. The topological polar surface area (TPSA) is 52.6 Å². The molecule has 2 N–H and O–H groups in total. The maximum absolute atomic E-state index is 12.2. The Morgan fingerprint density at radius 2 is 2.08 bits per heavy atom. The van der Waals surface area contributed by atoms with Gasteiger partial charge in [0.05, 0.1) is 5.56 Å². The average Bonchev–Trinajstić information content (AvgIpc) is 2.56. The molecule has 1 heterocycles. The van der Waals surface area contributed by atoms with E-state index in [2.05, 4.69) is 10.2 Å². The van der Waals surface area contributed by atoms with Crippen LogP contribution in [0.3, 0.4) is 0 Å². The molecule has 0 saturated carbocycles. The minimum atomic E-state index is -0.282. The highest BCUT2D eigenvalue weighted by molar-refractivity contribution is 6.35. The summed E-state index contributed by atoms with van der Waals surface area (Å²) in [6.07, 6.45) is 0. The van der Waals surface area contributed by atoms with E-state index in [1.165, 1.54) is 0 Å². The third kappa shape index (κ3) is 3.61. The van der Waals surface area contributed by atoms with Crippen molar-refractivity contribution < 1.29 is 9.90 Å². The first-order valence-electron chi connectivity index (χ1n) is 8.18. The molecule has 0 aromatic heterocycles. The van der Waals surface area contributed by atoms with Crippen LogP contribution in [0.2, 0.25) is 10.0 Å². The van der Waals surface area contributed by atoms with Gasteiger partial charge in [-0.15, -0.1) is 0 Å². The molecular weight excluding hydrogens is 359 g/mol. The molecule has 2 aromatic carbocycles. The first kappa shape index (κ1) is 18.1. The zero-order valence-corrected chi connectivity index (χ0v) is 15.7. The number of phenols is 1. The summed E-state index contributed by atoms with van der Waals surface area (Å²) < 4.78 is 0. The third-order valence-electron chi connectivity index (χ3n) is 4.50. The fourth-order valence-corrected chi connectivity index (χ4v) is 3.91. The number of fused-ring (bicyclic) bond motifs is 1. The van der Waals surface area contributed by atoms with Crippen LogP contribution in [0.5, 0.6) is 5.75 Å². The van der Waals surface area contributed by atoms with Gasteiger partial charge in [-0.1, -0.05) is 29.3 Å². The molecule has 0 bridgehead atoms. The van der Waals surface area contributed by atoms with Gasteiger partial charge in [0, 0.05) is 35.6 Å². The van der Waals surface area contributed by atoms with Crippen molar-refractivity contribution in [3.63, 3.8) is 0 Å². The van der Waals surface area contributed by atoms with Gasteiger partial charge >= 0.3 is 0 Å². The number of nitrogens with zero attached hydrogens (tertiary/aromatic N) is 1. The second kappa shape index (κ2) is 7.24. The Balaban J connectivity index is 2.09. The fourth-order valence-electron chi connectivity index (χ4n) is 3.34. The van der Waals surface area contributed by atoms with E-state index in [1.54, 1.807) is 18.2 Å². The van der Waals surface area contributed by atoms with Crippen LogP contribution in [0.1, 0.15) is 39.9 Å². The lowest BCUT2D eigenvalue weighted by atomic mass is 9.84. The summed E-state index contributed by atoms with van der Waals surface area (Å²) >= 11 is 12.6. The van der Waals surface area contributed by atoms with Crippen LogP contribution in [-0.4, -0.2) is 36.1 Å². The number of amides is 1. The fraction of sp³-hybridized carbons (Fsp3) is 0.316. The molecule has 1 atom stereocenters. The highest BCUT2D eigenvalue weighted by atomic mass is 35.5. The van der Waals surface area contributed by atoms with E-state index >= 15 is 0 Å². The molecule has 3 rings (SSSR count). The van der Waals surface area contributed by atoms with Gasteiger partial charge in [0.25, 0.3) is 5.91 Å². The van der Waals surface area contributed by atoms with E-state index in [4.69, 9.17) is 23.2 Å². The van der Waals surface area contributed by atoms with Gasteiger partial charge in [0.15, 0.2) is 0 Å². The number of hydrogen-bond acceptors (Lipinski definition) is 3. The Bertz CT molecular complexity index is 823. The third-order valence-corrected chi connectivity index (χ3v) is 5.05. The summed E-state index contributed by atoms with van der Waals surface area (Å²) in [5, 5.41) is 14.0. The van der Waals surface area contributed by atoms with Gasteiger partial charge in [0.1, 0.15) is 5.75 Å². The minimum absolute atomic E-state index is 0.0248. The van der Waals surface area contributed by atoms with Crippen molar-refractivity contribution in [1.82, 2.24) is 10.2 Å². The molecule has 1 aliphatic heterocycles. The molecule has 25 heavy (non-hydrogen) atoms. The number of phenolic OH excluding ortho intramolecular Hbond substituents is 1. The Morgan fingerprint density at radius 1 is 1.32 bits per heavy atom. The molecule has 1 unspecified atom stereocenters.